The second kappa shape index (κ2) is 4.50. The fourth-order valence-corrected chi connectivity index (χ4v) is 0.421. The molecule has 0 atom stereocenters. The Morgan fingerprint density at radius 1 is 1.56 bits per heavy atom. The number of rotatable bonds is 3. The van der Waals surface area contributed by atoms with Gasteiger partial charge >= 0.3 is 0 Å². The van der Waals surface area contributed by atoms with Crippen molar-refractivity contribution >= 4 is 6.21 Å². The molecule has 0 saturated heterocycles. The number of hydrogen-bond donors (Lipinski definition) is 0. The molecule has 0 fully saturated rings. The van der Waals surface area contributed by atoms with Gasteiger partial charge in [0.2, 0.25) is 0 Å². The molecule has 0 spiro atoms. The highest BCUT2D eigenvalue weighted by Crippen LogP contribution is 1.89. The smallest absolute Gasteiger partial charge is 0.0332 e. The summed E-state index contributed by atoms with van der Waals surface area (Å²) in [5.41, 5.74) is 0. The molecule has 0 N–H and O–H groups in total. The van der Waals surface area contributed by atoms with E-state index in [2.05, 4.69) is 30.8 Å². The molecule has 9 heavy (non-hydrogen) atoms. The van der Waals surface area contributed by atoms with Gasteiger partial charge < -0.3 is 0 Å². The summed E-state index contributed by atoms with van der Waals surface area (Å²) in [5, 5.41) is 0. The summed E-state index contributed by atoms with van der Waals surface area (Å²) in [5.74, 6) is 0. The van der Waals surface area contributed by atoms with Gasteiger partial charge in [-0.05, 0) is 20.9 Å². The maximum absolute atomic E-state index is 3.89. The molecule has 0 aliphatic heterocycles. The maximum atomic E-state index is 3.89. The van der Waals surface area contributed by atoms with Crippen LogP contribution in [0.5, 0.6) is 0 Å². The molecular weight excluding hydrogens is 112 g/mol. The molecule has 2 heteroatoms. The number of hydrogen-bond acceptors (Lipinski definition) is 2. The van der Waals surface area contributed by atoms with Crippen molar-refractivity contribution in [3.8, 4) is 0 Å². The zero-order valence-corrected chi connectivity index (χ0v) is 6.76. The van der Waals surface area contributed by atoms with E-state index < -0.39 is 0 Å². The van der Waals surface area contributed by atoms with Gasteiger partial charge in [0.1, 0.15) is 0 Å². The molecule has 0 aromatic heterocycles. The second-order valence-electron chi connectivity index (χ2n) is 2.47. The van der Waals surface area contributed by atoms with Crippen LogP contribution in [0.25, 0.3) is 0 Å². The average molecular weight is 128 g/mol. The molecule has 0 rings (SSSR count). The Morgan fingerprint density at radius 2 is 2.11 bits per heavy atom. The van der Waals surface area contributed by atoms with E-state index in [1.165, 1.54) is 0 Å². The summed E-state index contributed by atoms with van der Waals surface area (Å²) >= 11 is 0. The Morgan fingerprint density at radius 3 is 2.44 bits per heavy atom. The van der Waals surface area contributed by atoms with Crippen LogP contribution in [0.4, 0.5) is 0 Å². The molecule has 0 radical (unpaired) electrons. The van der Waals surface area contributed by atoms with E-state index in [0.29, 0.717) is 6.04 Å². The lowest BCUT2D eigenvalue weighted by atomic mass is 10.3. The first-order chi connectivity index (χ1) is 4.18. The van der Waals surface area contributed by atoms with Crippen LogP contribution in [0.2, 0.25) is 0 Å². The summed E-state index contributed by atoms with van der Waals surface area (Å²) < 4.78 is 0. The minimum Gasteiger partial charge on any atom is -0.300 e. The van der Waals surface area contributed by atoms with Crippen molar-refractivity contribution in [1.29, 1.82) is 0 Å². The third-order valence-electron chi connectivity index (χ3n) is 1.43. The molecule has 0 aromatic carbocycles. The number of nitrogens with zero attached hydrogens (tertiary/aromatic N) is 2. The van der Waals surface area contributed by atoms with Gasteiger partial charge in [-0.3, -0.25) is 9.89 Å². The van der Waals surface area contributed by atoms with E-state index in [1.807, 2.05) is 6.21 Å². The predicted octanol–water partition coefficient (Wildman–Crippen LogP) is 1.03. The summed E-state index contributed by atoms with van der Waals surface area (Å²) in [6.07, 6.45) is 1.92. The van der Waals surface area contributed by atoms with E-state index in [0.717, 1.165) is 6.54 Å². The molecule has 0 heterocycles. The molecular formula is C7H16N2. The molecule has 0 saturated carbocycles. The van der Waals surface area contributed by atoms with Crippen molar-refractivity contribution in [1.82, 2.24) is 4.90 Å². The molecule has 0 bridgehead atoms. The molecule has 0 aromatic rings. The van der Waals surface area contributed by atoms with Crippen LogP contribution >= 0.6 is 0 Å². The van der Waals surface area contributed by atoms with Gasteiger partial charge in [0, 0.05) is 25.8 Å². The largest absolute Gasteiger partial charge is 0.300 e. The fourth-order valence-electron chi connectivity index (χ4n) is 0.421. The molecule has 0 amide bonds. The topological polar surface area (TPSA) is 15.6 Å². The molecule has 0 unspecified atom stereocenters. The molecule has 0 aliphatic rings. The van der Waals surface area contributed by atoms with E-state index in [-0.39, 0.29) is 0 Å². The van der Waals surface area contributed by atoms with Crippen molar-refractivity contribution in [2.75, 3.05) is 20.6 Å². The minimum absolute atomic E-state index is 0.614. The Kier molecular flexibility index (Phi) is 4.32. The van der Waals surface area contributed by atoms with Crippen LogP contribution in [0.15, 0.2) is 4.99 Å². The van der Waals surface area contributed by atoms with Gasteiger partial charge in [-0.1, -0.05) is 0 Å². The normalized spacial score (nSPS) is 12.2. The maximum Gasteiger partial charge on any atom is 0.0332 e. The van der Waals surface area contributed by atoms with E-state index in [9.17, 15) is 0 Å². The third kappa shape index (κ3) is 4.15. The van der Waals surface area contributed by atoms with Crippen LogP contribution in [-0.2, 0) is 0 Å². The SMILES string of the molecule is CN=CCN(C)C(C)C. The van der Waals surface area contributed by atoms with Gasteiger partial charge in [0.05, 0.1) is 0 Å². The summed E-state index contributed by atoms with van der Waals surface area (Å²) in [4.78, 5) is 6.12. The highest BCUT2D eigenvalue weighted by atomic mass is 15.1. The molecule has 54 valence electrons. The fraction of sp³-hybridized carbons (Fsp3) is 0.857. The Labute approximate surface area is 57.6 Å². The highest BCUT2D eigenvalue weighted by molar-refractivity contribution is 5.59. The molecule has 0 aliphatic carbocycles. The van der Waals surface area contributed by atoms with Crippen molar-refractivity contribution < 1.29 is 0 Å². The lowest BCUT2D eigenvalue weighted by Crippen LogP contribution is -2.27. The first kappa shape index (κ1) is 8.63. The van der Waals surface area contributed by atoms with Gasteiger partial charge in [-0.15, -0.1) is 0 Å². The van der Waals surface area contributed by atoms with Crippen LogP contribution in [-0.4, -0.2) is 37.8 Å². The van der Waals surface area contributed by atoms with Gasteiger partial charge in [-0.25, -0.2) is 0 Å². The van der Waals surface area contributed by atoms with Gasteiger partial charge in [0.25, 0.3) is 0 Å². The van der Waals surface area contributed by atoms with Crippen molar-refractivity contribution in [2.24, 2.45) is 4.99 Å². The van der Waals surface area contributed by atoms with E-state index >= 15 is 0 Å². The first-order valence-electron chi connectivity index (χ1n) is 3.29. The van der Waals surface area contributed by atoms with Crippen molar-refractivity contribution in [3.05, 3.63) is 0 Å². The zero-order chi connectivity index (χ0) is 7.28. The van der Waals surface area contributed by atoms with E-state index in [1.54, 1.807) is 7.05 Å². The lowest BCUT2D eigenvalue weighted by Gasteiger charge is -2.17. The quantitative estimate of drug-likeness (QED) is 0.518. The lowest BCUT2D eigenvalue weighted by molar-refractivity contribution is 0.314. The minimum atomic E-state index is 0.614. The van der Waals surface area contributed by atoms with Crippen LogP contribution in [0, 0.1) is 0 Å². The van der Waals surface area contributed by atoms with Crippen LogP contribution in [0.1, 0.15) is 13.8 Å². The zero-order valence-electron chi connectivity index (χ0n) is 6.76. The Hall–Kier alpha value is -0.370. The third-order valence-corrected chi connectivity index (χ3v) is 1.43. The average Bonchev–Trinajstić information content (AvgIpc) is 1.82. The van der Waals surface area contributed by atoms with Crippen LogP contribution in [0.3, 0.4) is 0 Å². The first-order valence-corrected chi connectivity index (χ1v) is 3.29. The van der Waals surface area contributed by atoms with Crippen LogP contribution < -0.4 is 0 Å². The standard InChI is InChI=1S/C7H16N2/c1-7(2)9(4)6-5-8-3/h5,7H,6H2,1-4H3. The Balaban J connectivity index is 3.38. The van der Waals surface area contributed by atoms with E-state index in [4.69, 9.17) is 0 Å². The summed E-state index contributed by atoms with van der Waals surface area (Å²) in [6, 6.07) is 0.614. The Bertz CT molecular complexity index is 86.9. The molecule has 2 nitrogen and oxygen atoms in total. The number of aliphatic imine (C=N–C) groups is 1. The highest BCUT2D eigenvalue weighted by Gasteiger charge is 1.98. The van der Waals surface area contributed by atoms with Crippen molar-refractivity contribution in [3.63, 3.8) is 0 Å². The van der Waals surface area contributed by atoms with Crippen molar-refractivity contribution in [2.45, 2.75) is 19.9 Å². The predicted molar refractivity (Wildman–Crippen MR) is 42.2 cm³/mol. The monoisotopic (exact) mass is 128 g/mol. The summed E-state index contributed by atoms with van der Waals surface area (Å²) in [6.45, 7) is 5.29. The van der Waals surface area contributed by atoms with Gasteiger partial charge in [0.15, 0.2) is 0 Å². The van der Waals surface area contributed by atoms with Gasteiger partial charge in [-0.2, -0.15) is 0 Å². The summed E-state index contributed by atoms with van der Waals surface area (Å²) in [7, 11) is 3.89. The second-order valence-corrected chi connectivity index (χ2v) is 2.47.